The summed E-state index contributed by atoms with van der Waals surface area (Å²) in [6.07, 6.45) is 3.11. The van der Waals surface area contributed by atoms with E-state index in [9.17, 15) is 0 Å². The second-order valence-electron chi connectivity index (χ2n) is 6.04. The van der Waals surface area contributed by atoms with Crippen molar-refractivity contribution in [3.8, 4) is 17.0 Å². The lowest BCUT2D eigenvalue weighted by atomic mass is 9.98. The Morgan fingerprint density at radius 2 is 1.92 bits per heavy atom. The van der Waals surface area contributed by atoms with Crippen LogP contribution in [0.25, 0.3) is 22.2 Å². The molecule has 0 saturated heterocycles. The molecule has 0 aliphatic heterocycles. The van der Waals surface area contributed by atoms with Gasteiger partial charge in [0, 0.05) is 15.4 Å². The van der Waals surface area contributed by atoms with E-state index < -0.39 is 0 Å². The van der Waals surface area contributed by atoms with E-state index in [1.165, 1.54) is 10.9 Å². The predicted octanol–water partition coefficient (Wildman–Crippen LogP) is 5.20. The van der Waals surface area contributed by atoms with Crippen molar-refractivity contribution >= 4 is 26.8 Å². The Hall–Kier alpha value is -1.78. The number of nitrogens with one attached hydrogen (secondary N) is 1. The molecule has 0 spiro atoms. The molecule has 3 aromatic rings. The zero-order valence-electron chi connectivity index (χ0n) is 14.2. The number of nitrogens with two attached hydrogens (primary N) is 1. The maximum absolute atomic E-state index is 5.69. The van der Waals surface area contributed by atoms with Crippen LogP contribution in [0.1, 0.15) is 24.0 Å². The first kappa shape index (κ1) is 17.1. The Labute approximate surface area is 151 Å². The molecule has 1 aromatic heterocycles. The van der Waals surface area contributed by atoms with Crippen LogP contribution in [0.15, 0.2) is 40.9 Å². The molecule has 3 nitrogen and oxygen atoms in total. The van der Waals surface area contributed by atoms with Crippen molar-refractivity contribution in [3.05, 3.63) is 52.0 Å². The fourth-order valence-corrected chi connectivity index (χ4v) is 3.76. The first-order valence-corrected chi connectivity index (χ1v) is 9.09. The summed E-state index contributed by atoms with van der Waals surface area (Å²) < 4.78 is 6.77. The summed E-state index contributed by atoms with van der Waals surface area (Å²) in [5.41, 5.74) is 11.6. The van der Waals surface area contributed by atoms with Crippen molar-refractivity contribution in [2.75, 3.05) is 13.7 Å². The number of aryl methyl sites for hydroxylation is 2. The van der Waals surface area contributed by atoms with Crippen molar-refractivity contribution in [3.63, 3.8) is 0 Å². The lowest BCUT2D eigenvalue weighted by Gasteiger charge is -2.12. The Balaban J connectivity index is 2.21. The summed E-state index contributed by atoms with van der Waals surface area (Å²) in [6.45, 7) is 2.81. The van der Waals surface area contributed by atoms with Gasteiger partial charge in [0.2, 0.25) is 0 Å². The quantitative estimate of drug-likeness (QED) is 0.572. The largest absolute Gasteiger partial charge is 0.496 e. The number of rotatable bonds is 6. The first-order chi connectivity index (χ1) is 11.7. The van der Waals surface area contributed by atoms with E-state index in [1.54, 1.807) is 7.11 Å². The highest BCUT2D eigenvalue weighted by Crippen LogP contribution is 2.39. The average molecular weight is 387 g/mol. The maximum Gasteiger partial charge on any atom is 0.131 e. The van der Waals surface area contributed by atoms with Gasteiger partial charge in [0.05, 0.1) is 18.3 Å². The molecule has 0 amide bonds. The molecule has 126 valence electrons. The van der Waals surface area contributed by atoms with Crippen LogP contribution in [0, 0.1) is 6.92 Å². The summed E-state index contributed by atoms with van der Waals surface area (Å²) in [6, 6.07) is 12.6. The highest BCUT2D eigenvalue weighted by atomic mass is 79.9. The molecule has 1 heterocycles. The first-order valence-electron chi connectivity index (χ1n) is 8.30. The topological polar surface area (TPSA) is 51.0 Å². The van der Waals surface area contributed by atoms with Crippen molar-refractivity contribution in [1.82, 2.24) is 4.98 Å². The van der Waals surface area contributed by atoms with Gasteiger partial charge in [0.25, 0.3) is 0 Å². The number of ether oxygens (including phenoxy) is 1. The summed E-state index contributed by atoms with van der Waals surface area (Å²) in [5.74, 6) is 0.931. The van der Waals surface area contributed by atoms with Gasteiger partial charge in [-0.25, -0.2) is 0 Å². The predicted molar refractivity (Wildman–Crippen MR) is 105 cm³/mol. The van der Waals surface area contributed by atoms with Gasteiger partial charge in [0.15, 0.2) is 0 Å². The average Bonchev–Trinajstić information content (AvgIpc) is 2.95. The van der Waals surface area contributed by atoms with E-state index in [1.807, 2.05) is 0 Å². The van der Waals surface area contributed by atoms with Gasteiger partial charge in [-0.05, 0) is 71.9 Å². The van der Waals surface area contributed by atoms with Gasteiger partial charge in [-0.2, -0.15) is 0 Å². The number of aromatic nitrogens is 1. The molecule has 0 bridgehead atoms. The monoisotopic (exact) mass is 386 g/mol. The minimum absolute atomic E-state index is 0.731. The minimum Gasteiger partial charge on any atom is -0.496 e. The number of para-hydroxylation sites is 2. The van der Waals surface area contributed by atoms with Crippen LogP contribution in [0.3, 0.4) is 0 Å². The lowest BCUT2D eigenvalue weighted by molar-refractivity contribution is 0.413. The number of H-pyrrole nitrogens is 1. The molecule has 0 unspecified atom stereocenters. The normalized spacial score (nSPS) is 11.2. The smallest absolute Gasteiger partial charge is 0.131 e. The van der Waals surface area contributed by atoms with E-state index in [2.05, 4.69) is 64.2 Å². The van der Waals surface area contributed by atoms with Gasteiger partial charge in [0.1, 0.15) is 5.75 Å². The number of hydrogen-bond donors (Lipinski definition) is 2. The fourth-order valence-electron chi connectivity index (χ4n) is 3.29. The molecule has 3 N–H and O–H groups in total. The van der Waals surface area contributed by atoms with Crippen LogP contribution in [-0.2, 0) is 6.42 Å². The van der Waals surface area contributed by atoms with E-state index >= 15 is 0 Å². The lowest BCUT2D eigenvalue weighted by Crippen LogP contribution is -1.99. The Bertz CT molecular complexity index is 854. The van der Waals surface area contributed by atoms with E-state index in [4.69, 9.17) is 10.5 Å². The molecule has 2 aromatic carbocycles. The molecule has 0 atom stereocenters. The van der Waals surface area contributed by atoms with E-state index in [0.29, 0.717) is 0 Å². The third kappa shape index (κ3) is 3.08. The van der Waals surface area contributed by atoms with Crippen molar-refractivity contribution in [2.45, 2.75) is 26.2 Å². The van der Waals surface area contributed by atoms with Gasteiger partial charge < -0.3 is 15.5 Å². The standard InChI is InChI=1S/C20H23BrN2O/c1-13-7-5-10-16(20(13)24-2)18-14(8-3-4-12-22)15-9-6-11-17(21)19(15)23-18/h5-7,9-11,23H,3-4,8,12,22H2,1-2H3. The molecule has 4 heteroatoms. The molecular weight excluding hydrogens is 364 g/mol. The summed E-state index contributed by atoms with van der Waals surface area (Å²) in [7, 11) is 1.73. The highest BCUT2D eigenvalue weighted by Gasteiger charge is 2.18. The number of unbranched alkanes of at least 4 members (excludes halogenated alkanes) is 1. The number of benzene rings is 2. The van der Waals surface area contributed by atoms with Gasteiger partial charge in [-0.15, -0.1) is 0 Å². The van der Waals surface area contributed by atoms with Crippen molar-refractivity contribution in [2.24, 2.45) is 5.73 Å². The summed E-state index contributed by atoms with van der Waals surface area (Å²) in [5, 5.41) is 1.26. The second-order valence-corrected chi connectivity index (χ2v) is 6.90. The van der Waals surface area contributed by atoms with Gasteiger partial charge in [-0.3, -0.25) is 0 Å². The zero-order valence-corrected chi connectivity index (χ0v) is 15.7. The summed E-state index contributed by atoms with van der Waals surface area (Å²) in [4.78, 5) is 3.62. The van der Waals surface area contributed by atoms with E-state index in [-0.39, 0.29) is 0 Å². The Morgan fingerprint density at radius 3 is 2.67 bits per heavy atom. The maximum atomic E-state index is 5.69. The third-order valence-electron chi connectivity index (χ3n) is 4.46. The zero-order chi connectivity index (χ0) is 17.1. The fraction of sp³-hybridized carbons (Fsp3) is 0.300. The molecule has 0 saturated carbocycles. The van der Waals surface area contributed by atoms with Crippen LogP contribution in [0.5, 0.6) is 5.75 Å². The highest BCUT2D eigenvalue weighted by molar-refractivity contribution is 9.10. The van der Waals surface area contributed by atoms with Crippen molar-refractivity contribution in [1.29, 1.82) is 0 Å². The number of methoxy groups -OCH3 is 1. The number of aromatic amines is 1. The summed E-state index contributed by atoms with van der Waals surface area (Å²) >= 11 is 3.67. The van der Waals surface area contributed by atoms with Crippen molar-refractivity contribution < 1.29 is 4.74 Å². The number of fused-ring (bicyclic) bond motifs is 1. The molecule has 0 radical (unpaired) electrons. The molecule has 24 heavy (non-hydrogen) atoms. The number of hydrogen-bond acceptors (Lipinski definition) is 2. The van der Waals surface area contributed by atoms with Crippen LogP contribution >= 0.6 is 15.9 Å². The number of halogens is 1. The minimum atomic E-state index is 0.731. The second kappa shape index (κ2) is 7.41. The Kier molecular flexibility index (Phi) is 5.27. The van der Waals surface area contributed by atoms with Crippen LogP contribution < -0.4 is 10.5 Å². The third-order valence-corrected chi connectivity index (χ3v) is 5.12. The molecule has 0 fully saturated rings. The Morgan fingerprint density at radius 1 is 1.12 bits per heavy atom. The van der Waals surface area contributed by atoms with Gasteiger partial charge >= 0.3 is 0 Å². The van der Waals surface area contributed by atoms with Crippen LogP contribution in [0.2, 0.25) is 0 Å². The van der Waals surface area contributed by atoms with Crippen LogP contribution in [0.4, 0.5) is 0 Å². The van der Waals surface area contributed by atoms with E-state index in [0.717, 1.165) is 58.4 Å². The van der Waals surface area contributed by atoms with Crippen LogP contribution in [-0.4, -0.2) is 18.6 Å². The molecule has 3 rings (SSSR count). The molecule has 0 aliphatic carbocycles. The van der Waals surface area contributed by atoms with Gasteiger partial charge in [-0.1, -0.05) is 24.3 Å². The molecule has 0 aliphatic rings. The molecular formula is C20H23BrN2O. The SMILES string of the molecule is COc1c(C)cccc1-c1[nH]c2c(Br)cccc2c1CCCCN.